The van der Waals surface area contributed by atoms with E-state index in [0.29, 0.717) is 0 Å². The molecule has 0 heterocycles. The van der Waals surface area contributed by atoms with E-state index in [4.69, 9.17) is 0 Å². The molecule has 0 aliphatic rings. The van der Waals surface area contributed by atoms with Crippen molar-refractivity contribution in [2.45, 2.75) is 0 Å². The number of fused-ring (bicyclic) bond motifs is 2. The highest BCUT2D eigenvalue weighted by atomic mass is 28.3. The molecule has 0 atom stereocenters. The summed E-state index contributed by atoms with van der Waals surface area (Å²) in [5.74, 6) is 0. The van der Waals surface area contributed by atoms with Crippen molar-refractivity contribution in [3.63, 3.8) is 0 Å². The van der Waals surface area contributed by atoms with Crippen LogP contribution in [0.25, 0.3) is 76.1 Å². The average molecular weight is 637 g/mol. The van der Waals surface area contributed by atoms with Gasteiger partial charge in [0.25, 0.3) is 0 Å². The van der Waals surface area contributed by atoms with Crippen LogP contribution >= 0.6 is 0 Å². The predicted molar refractivity (Wildman–Crippen MR) is 215 cm³/mol. The van der Waals surface area contributed by atoms with Crippen LogP contribution in [0.5, 0.6) is 0 Å². The summed E-state index contributed by atoms with van der Waals surface area (Å²) in [6.07, 6.45) is 0. The molecule has 10 aromatic rings. The molecule has 0 aliphatic heterocycles. The smallest absolute Gasteiger partial charge is 0.0625 e. The van der Waals surface area contributed by atoms with E-state index in [1.54, 1.807) is 0 Å². The van der Waals surface area contributed by atoms with Gasteiger partial charge < -0.3 is 0 Å². The summed E-state index contributed by atoms with van der Waals surface area (Å²) in [7, 11) is -1.62. The van der Waals surface area contributed by atoms with Crippen LogP contribution in [0.3, 0.4) is 0 Å². The molecule has 0 aromatic heterocycles. The number of hydrogen-bond donors (Lipinski definition) is 0. The lowest BCUT2D eigenvalue weighted by atomic mass is 9.84. The third-order valence-corrected chi connectivity index (χ3v) is 13.6. The van der Waals surface area contributed by atoms with E-state index < -0.39 is 8.80 Å². The van der Waals surface area contributed by atoms with E-state index >= 15 is 0 Å². The Morgan fingerprint density at radius 3 is 1.14 bits per heavy atom. The molecule has 0 saturated carbocycles. The first-order valence-corrected chi connectivity index (χ1v) is 18.9. The summed E-state index contributed by atoms with van der Waals surface area (Å²) in [5.41, 5.74) is 5.13. The minimum atomic E-state index is -1.62. The summed E-state index contributed by atoms with van der Waals surface area (Å²) >= 11 is 0. The molecule has 0 N–H and O–H groups in total. The number of benzene rings is 10. The van der Waals surface area contributed by atoms with Gasteiger partial charge in [0.1, 0.15) is 8.80 Å². The Kier molecular flexibility index (Phi) is 6.46. The SMILES string of the molecule is c1ccc([SiH](c2ccccc2)c2ccc(-c3c4ccccc4c(-c4cc5ccc6cccc7ccc(c4)c5c67)c4ccccc34)cc2)cc1. The molecule has 0 amide bonds. The van der Waals surface area contributed by atoms with Crippen LogP contribution in [0.1, 0.15) is 0 Å². The molecule has 1 heteroatoms. The summed E-state index contributed by atoms with van der Waals surface area (Å²) in [4.78, 5) is 0. The zero-order valence-corrected chi connectivity index (χ0v) is 28.1. The highest BCUT2D eigenvalue weighted by molar-refractivity contribution is 6.95. The highest BCUT2D eigenvalue weighted by Gasteiger charge is 2.21. The fourth-order valence-electron chi connectivity index (χ4n) is 8.36. The second-order valence-electron chi connectivity index (χ2n) is 13.2. The third-order valence-electron chi connectivity index (χ3n) is 10.5. The zero-order chi connectivity index (χ0) is 32.3. The molecule has 10 rings (SSSR count). The zero-order valence-electron chi connectivity index (χ0n) is 27.0. The lowest BCUT2D eigenvalue weighted by molar-refractivity contribution is 1.67. The van der Waals surface area contributed by atoms with Crippen LogP contribution in [0.2, 0.25) is 0 Å². The fraction of sp³-hybridized carbons (Fsp3) is 0. The first kappa shape index (κ1) is 28.0. The minimum absolute atomic E-state index is 1.26. The molecule has 10 aromatic carbocycles. The molecule has 0 saturated heterocycles. The van der Waals surface area contributed by atoms with Crippen molar-refractivity contribution in [3.8, 4) is 22.3 Å². The molecule has 0 unspecified atom stereocenters. The van der Waals surface area contributed by atoms with Crippen LogP contribution in [0.15, 0.2) is 188 Å². The van der Waals surface area contributed by atoms with Gasteiger partial charge in [-0.3, -0.25) is 0 Å². The van der Waals surface area contributed by atoms with Crippen molar-refractivity contribution in [1.29, 1.82) is 0 Å². The van der Waals surface area contributed by atoms with Crippen LogP contribution in [-0.4, -0.2) is 8.80 Å². The highest BCUT2D eigenvalue weighted by Crippen LogP contribution is 2.45. The minimum Gasteiger partial charge on any atom is -0.0625 e. The Labute approximate surface area is 287 Å². The maximum atomic E-state index is 2.41. The standard InChI is InChI=1S/C48H32Si/c1-3-14-38(15-4-1)49(39-16-5-2-6-17-39)40-28-26-34(27-29-40)47-41-18-7-9-20-43(41)48(44-21-10-8-19-42(44)47)37-30-35-24-22-32-12-11-13-33-23-25-36(31-37)46(35)45(32)33/h1-31,49H. The molecule has 0 spiro atoms. The van der Waals surface area contributed by atoms with E-state index in [1.165, 1.54) is 91.7 Å². The van der Waals surface area contributed by atoms with E-state index in [-0.39, 0.29) is 0 Å². The van der Waals surface area contributed by atoms with Gasteiger partial charge in [0, 0.05) is 0 Å². The average Bonchev–Trinajstić information content (AvgIpc) is 3.17. The molecule has 0 aliphatic carbocycles. The molecule has 0 radical (unpaired) electrons. The Balaban J connectivity index is 1.18. The van der Waals surface area contributed by atoms with Crippen molar-refractivity contribution in [1.82, 2.24) is 0 Å². The van der Waals surface area contributed by atoms with Gasteiger partial charge in [-0.05, 0) is 88.2 Å². The molecular weight excluding hydrogens is 605 g/mol. The van der Waals surface area contributed by atoms with E-state index in [9.17, 15) is 0 Å². The summed E-state index contributed by atoms with van der Waals surface area (Å²) in [6.45, 7) is 0. The number of rotatable bonds is 5. The van der Waals surface area contributed by atoms with Crippen LogP contribution in [-0.2, 0) is 0 Å². The van der Waals surface area contributed by atoms with Crippen LogP contribution < -0.4 is 15.6 Å². The fourth-order valence-corrected chi connectivity index (χ4v) is 11.3. The predicted octanol–water partition coefficient (Wildman–Crippen LogP) is 10.5. The van der Waals surface area contributed by atoms with E-state index in [0.717, 1.165) is 0 Å². The van der Waals surface area contributed by atoms with E-state index in [1.807, 2.05) is 0 Å². The van der Waals surface area contributed by atoms with E-state index in [2.05, 4.69) is 188 Å². The van der Waals surface area contributed by atoms with Crippen molar-refractivity contribution in [2.75, 3.05) is 0 Å². The van der Waals surface area contributed by atoms with Gasteiger partial charge >= 0.3 is 0 Å². The quantitative estimate of drug-likeness (QED) is 0.0763. The Bertz CT molecular complexity index is 2640. The molecule has 228 valence electrons. The lowest BCUT2D eigenvalue weighted by Crippen LogP contribution is -2.51. The molecule has 0 bridgehead atoms. The second-order valence-corrected chi connectivity index (χ2v) is 16.1. The summed E-state index contributed by atoms with van der Waals surface area (Å²) < 4.78 is 0. The van der Waals surface area contributed by atoms with Gasteiger partial charge in [0.15, 0.2) is 0 Å². The van der Waals surface area contributed by atoms with Crippen molar-refractivity contribution < 1.29 is 0 Å². The maximum Gasteiger partial charge on any atom is 0.132 e. The Morgan fingerprint density at radius 1 is 0.265 bits per heavy atom. The molecular formula is C48H32Si. The summed E-state index contributed by atoms with van der Waals surface area (Å²) in [5, 5.41) is 17.4. The lowest BCUT2D eigenvalue weighted by Gasteiger charge is -2.20. The van der Waals surface area contributed by atoms with Crippen molar-refractivity contribution in [3.05, 3.63) is 188 Å². The normalized spacial score (nSPS) is 11.9. The molecule has 49 heavy (non-hydrogen) atoms. The maximum absolute atomic E-state index is 2.41. The van der Waals surface area contributed by atoms with Gasteiger partial charge in [-0.25, -0.2) is 0 Å². The largest absolute Gasteiger partial charge is 0.132 e. The molecule has 0 fully saturated rings. The second kappa shape index (κ2) is 11.3. The van der Waals surface area contributed by atoms with Crippen LogP contribution in [0.4, 0.5) is 0 Å². The van der Waals surface area contributed by atoms with Gasteiger partial charge in [0.05, 0.1) is 0 Å². The summed E-state index contributed by atoms with van der Waals surface area (Å²) in [6, 6.07) is 70.2. The molecule has 0 nitrogen and oxygen atoms in total. The van der Waals surface area contributed by atoms with Crippen molar-refractivity contribution >= 4 is 78.2 Å². The van der Waals surface area contributed by atoms with Gasteiger partial charge in [0.2, 0.25) is 0 Å². The Morgan fingerprint density at radius 2 is 0.653 bits per heavy atom. The topological polar surface area (TPSA) is 0 Å². The van der Waals surface area contributed by atoms with Gasteiger partial charge in [-0.1, -0.05) is 191 Å². The first-order valence-electron chi connectivity index (χ1n) is 17.1. The van der Waals surface area contributed by atoms with Crippen molar-refractivity contribution in [2.24, 2.45) is 0 Å². The Hall–Kier alpha value is -6.02. The first-order chi connectivity index (χ1) is 24.3. The number of hydrogen-bond acceptors (Lipinski definition) is 0. The van der Waals surface area contributed by atoms with Crippen LogP contribution in [0, 0.1) is 0 Å². The third kappa shape index (κ3) is 4.51. The van der Waals surface area contributed by atoms with Gasteiger partial charge in [-0.2, -0.15) is 0 Å². The monoisotopic (exact) mass is 636 g/mol. The van der Waals surface area contributed by atoms with Gasteiger partial charge in [-0.15, -0.1) is 0 Å².